The van der Waals surface area contributed by atoms with Crippen molar-refractivity contribution in [2.45, 2.75) is 19.9 Å². The molecule has 0 spiro atoms. The monoisotopic (exact) mass is 343 g/mol. The van der Waals surface area contributed by atoms with Crippen LogP contribution in [0.3, 0.4) is 0 Å². The van der Waals surface area contributed by atoms with Crippen LogP contribution in [-0.4, -0.2) is 22.8 Å². The highest BCUT2D eigenvalue weighted by Crippen LogP contribution is 2.19. The van der Waals surface area contributed by atoms with E-state index in [4.69, 9.17) is 4.42 Å². The van der Waals surface area contributed by atoms with Crippen LogP contribution in [0.1, 0.15) is 23.5 Å². The van der Waals surface area contributed by atoms with E-state index in [0.29, 0.717) is 16.0 Å². The lowest BCUT2D eigenvalue weighted by Gasteiger charge is -2.20. The predicted molar refractivity (Wildman–Crippen MR) is 93.0 cm³/mol. The number of rotatable bonds is 5. The Morgan fingerprint density at radius 3 is 2.62 bits per heavy atom. The van der Waals surface area contributed by atoms with Gasteiger partial charge >= 0.3 is 6.01 Å². The van der Waals surface area contributed by atoms with Crippen LogP contribution in [0.25, 0.3) is 11.1 Å². The van der Waals surface area contributed by atoms with E-state index in [1.807, 2.05) is 31.4 Å². The summed E-state index contributed by atoms with van der Waals surface area (Å²) < 4.78 is 5.49. The highest BCUT2D eigenvalue weighted by Gasteiger charge is 2.26. The summed E-state index contributed by atoms with van der Waals surface area (Å²) in [6.45, 7) is 3.73. The number of oxazole rings is 1. The highest BCUT2D eigenvalue weighted by molar-refractivity contribution is 7.12. The first-order valence-electron chi connectivity index (χ1n) is 7.55. The number of anilines is 1. The molecule has 24 heavy (non-hydrogen) atoms. The molecule has 0 fully saturated rings. The van der Waals surface area contributed by atoms with Crippen molar-refractivity contribution in [3.63, 3.8) is 0 Å². The molecule has 0 aliphatic heterocycles. The summed E-state index contributed by atoms with van der Waals surface area (Å²) in [5, 5.41) is 7.22. The number of carbonyl (C=O) groups excluding carboxylic acids is 2. The number of para-hydroxylation sites is 2. The molecular formula is C17H17N3O3S. The molecule has 124 valence electrons. The minimum absolute atomic E-state index is 0.0849. The number of benzene rings is 1. The maximum Gasteiger partial charge on any atom is 0.302 e. The van der Waals surface area contributed by atoms with Gasteiger partial charge < -0.3 is 9.73 Å². The van der Waals surface area contributed by atoms with Gasteiger partial charge in [-0.2, -0.15) is 4.98 Å². The summed E-state index contributed by atoms with van der Waals surface area (Å²) in [6, 6.07) is 10.2. The third-order valence-corrected chi connectivity index (χ3v) is 4.37. The number of nitrogens with one attached hydrogen (secondary N) is 2. The quantitative estimate of drug-likeness (QED) is 0.744. The van der Waals surface area contributed by atoms with Crippen LogP contribution < -0.4 is 10.6 Å². The van der Waals surface area contributed by atoms with Crippen LogP contribution in [-0.2, 0) is 4.79 Å². The van der Waals surface area contributed by atoms with Crippen LogP contribution in [0.4, 0.5) is 6.01 Å². The zero-order valence-corrected chi connectivity index (χ0v) is 14.1. The number of carbonyl (C=O) groups is 2. The van der Waals surface area contributed by atoms with Crippen LogP contribution >= 0.6 is 11.3 Å². The lowest BCUT2D eigenvalue weighted by Crippen LogP contribution is -2.47. The van der Waals surface area contributed by atoms with Gasteiger partial charge in [-0.3, -0.25) is 14.9 Å². The van der Waals surface area contributed by atoms with E-state index >= 15 is 0 Å². The van der Waals surface area contributed by atoms with Crippen molar-refractivity contribution >= 4 is 40.3 Å². The smallest absolute Gasteiger partial charge is 0.302 e. The van der Waals surface area contributed by atoms with Gasteiger partial charge in [0, 0.05) is 0 Å². The predicted octanol–water partition coefficient (Wildman–Crippen LogP) is 3.28. The summed E-state index contributed by atoms with van der Waals surface area (Å²) in [6.07, 6.45) is 0. The van der Waals surface area contributed by atoms with Gasteiger partial charge in [-0.25, -0.2) is 0 Å². The topological polar surface area (TPSA) is 84.2 Å². The maximum absolute atomic E-state index is 12.5. The molecule has 2 N–H and O–H groups in total. The molecule has 0 saturated carbocycles. The Morgan fingerprint density at radius 1 is 1.17 bits per heavy atom. The summed E-state index contributed by atoms with van der Waals surface area (Å²) in [5.74, 6) is -0.712. The number of thiophene rings is 1. The maximum atomic E-state index is 12.5. The zero-order valence-electron chi connectivity index (χ0n) is 13.3. The number of aromatic nitrogens is 1. The van der Waals surface area contributed by atoms with Crippen LogP contribution in [0.15, 0.2) is 46.2 Å². The standard InChI is InChI=1S/C17H17N3O3S/c1-10(2)14(19-15(21)13-8-5-9-24-13)16(22)20-17-18-11-6-3-4-7-12(11)23-17/h3-10,14H,1-2H3,(H,19,21)(H,18,20,22)/t14-/m0/s1. The van der Waals surface area contributed by atoms with Crippen molar-refractivity contribution in [3.8, 4) is 0 Å². The Bertz CT molecular complexity index is 822. The van der Waals surface area contributed by atoms with E-state index in [-0.39, 0.29) is 23.7 Å². The number of fused-ring (bicyclic) bond motifs is 1. The van der Waals surface area contributed by atoms with E-state index in [9.17, 15) is 9.59 Å². The average Bonchev–Trinajstić information content (AvgIpc) is 3.20. The van der Waals surface area contributed by atoms with Gasteiger partial charge in [0.15, 0.2) is 5.58 Å². The van der Waals surface area contributed by atoms with Crippen LogP contribution in [0.5, 0.6) is 0 Å². The van der Waals surface area contributed by atoms with Crippen molar-refractivity contribution < 1.29 is 14.0 Å². The molecule has 0 unspecified atom stereocenters. The molecule has 0 aliphatic carbocycles. The molecule has 2 heterocycles. The fourth-order valence-electron chi connectivity index (χ4n) is 2.26. The van der Waals surface area contributed by atoms with E-state index in [0.717, 1.165) is 0 Å². The highest BCUT2D eigenvalue weighted by atomic mass is 32.1. The SMILES string of the molecule is CC(C)[C@H](NC(=O)c1cccs1)C(=O)Nc1nc2ccccc2o1. The third kappa shape index (κ3) is 3.46. The molecule has 1 atom stereocenters. The number of amides is 2. The first-order valence-corrected chi connectivity index (χ1v) is 8.43. The second-order valence-electron chi connectivity index (χ2n) is 5.65. The normalized spacial score (nSPS) is 12.3. The summed E-state index contributed by atoms with van der Waals surface area (Å²) in [7, 11) is 0. The molecule has 0 bridgehead atoms. The Morgan fingerprint density at radius 2 is 1.96 bits per heavy atom. The molecule has 3 aromatic rings. The molecule has 6 nitrogen and oxygen atoms in total. The Balaban J connectivity index is 1.73. The Kier molecular flexibility index (Phi) is 4.61. The Labute approximate surface area is 142 Å². The van der Waals surface area contributed by atoms with E-state index in [1.54, 1.807) is 24.3 Å². The molecule has 2 aromatic heterocycles. The van der Waals surface area contributed by atoms with E-state index in [2.05, 4.69) is 15.6 Å². The lowest BCUT2D eigenvalue weighted by atomic mass is 10.0. The second kappa shape index (κ2) is 6.84. The number of hydrogen-bond donors (Lipinski definition) is 2. The molecular weight excluding hydrogens is 326 g/mol. The number of nitrogens with zero attached hydrogens (tertiary/aromatic N) is 1. The van der Waals surface area contributed by atoms with Gasteiger partial charge in [0.1, 0.15) is 11.6 Å². The molecule has 0 saturated heterocycles. The van der Waals surface area contributed by atoms with Crippen molar-refractivity contribution in [1.82, 2.24) is 10.3 Å². The molecule has 1 aromatic carbocycles. The van der Waals surface area contributed by atoms with Gasteiger partial charge in [-0.05, 0) is 29.5 Å². The molecule has 7 heteroatoms. The van der Waals surface area contributed by atoms with Crippen molar-refractivity contribution in [2.75, 3.05) is 5.32 Å². The van der Waals surface area contributed by atoms with Crippen LogP contribution in [0, 0.1) is 5.92 Å². The van der Waals surface area contributed by atoms with E-state index < -0.39 is 6.04 Å². The molecule has 3 rings (SSSR count). The van der Waals surface area contributed by atoms with Gasteiger partial charge in [0.2, 0.25) is 0 Å². The fraction of sp³-hybridized carbons (Fsp3) is 0.235. The second-order valence-corrected chi connectivity index (χ2v) is 6.60. The summed E-state index contributed by atoms with van der Waals surface area (Å²) >= 11 is 1.33. The zero-order chi connectivity index (χ0) is 17.1. The van der Waals surface area contributed by atoms with E-state index in [1.165, 1.54) is 11.3 Å². The summed E-state index contributed by atoms with van der Waals surface area (Å²) in [4.78, 5) is 29.5. The third-order valence-electron chi connectivity index (χ3n) is 3.50. The average molecular weight is 343 g/mol. The van der Waals surface area contributed by atoms with Gasteiger partial charge in [0.25, 0.3) is 11.8 Å². The molecule has 2 amide bonds. The minimum Gasteiger partial charge on any atom is -0.423 e. The first kappa shape index (κ1) is 16.2. The number of hydrogen-bond acceptors (Lipinski definition) is 5. The largest absolute Gasteiger partial charge is 0.423 e. The molecule has 0 aliphatic rings. The Hall–Kier alpha value is -2.67. The van der Waals surface area contributed by atoms with Crippen LogP contribution in [0.2, 0.25) is 0 Å². The summed E-state index contributed by atoms with van der Waals surface area (Å²) in [5.41, 5.74) is 1.26. The van der Waals surface area contributed by atoms with Crippen molar-refractivity contribution in [2.24, 2.45) is 5.92 Å². The minimum atomic E-state index is -0.686. The van der Waals surface area contributed by atoms with Gasteiger partial charge in [0.05, 0.1) is 4.88 Å². The van der Waals surface area contributed by atoms with Crippen molar-refractivity contribution in [3.05, 3.63) is 46.7 Å². The van der Waals surface area contributed by atoms with Crippen molar-refractivity contribution in [1.29, 1.82) is 0 Å². The molecule has 0 radical (unpaired) electrons. The van der Waals surface area contributed by atoms with Gasteiger partial charge in [-0.1, -0.05) is 32.0 Å². The first-order chi connectivity index (χ1) is 11.5. The fourth-order valence-corrected chi connectivity index (χ4v) is 2.89. The van der Waals surface area contributed by atoms with Gasteiger partial charge in [-0.15, -0.1) is 11.3 Å². The lowest BCUT2D eigenvalue weighted by molar-refractivity contribution is -0.119.